The predicted molar refractivity (Wildman–Crippen MR) is 150 cm³/mol. The summed E-state index contributed by atoms with van der Waals surface area (Å²) < 4.78 is 1.89. The Kier molecular flexibility index (Phi) is 1.66. The quantitative estimate of drug-likeness (QED) is 0.267. The summed E-state index contributed by atoms with van der Waals surface area (Å²) in [5, 5.41) is 9.52. The van der Waals surface area contributed by atoms with Crippen LogP contribution in [0.4, 0.5) is 0 Å². The molecule has 12 heterocycles. The molecule has 0 aliphatic carbocycles. The molecular formula is C30H50FeN2P2. The topological polar surface area (TPSA) is 24.1 Å². The first kappa shape index (κ1) is 20.2. The number of hydrogen-bond donors (Lipinski definition) is 2. The first-order valence-electron chi connectivity index (χ1n) is 15.4. The van der Waals surface area contributed by atoms with Crippen LogP contribution in [-0.4, -0.2) is 47.8 Å². The van der Waals surface area contributed by atoms with Crippen molar-refractivity contribution < 1.29 is 6.51 Å². The molecule has 12 saturated heterocycles. The van der Waals surface area contributed by atoms with Crippen molar-refractivity contribution in [3.05, 3.63) is 0 Å². The first-order valence-corrected chi connectivity index (χ1v) is 23.7. The molecular weight excluding hydrogens is 506 g/mol. The van der Waals surface area contributed by atoms with Crippen molar-refractivity contribution in [2.75, 3.05) is 32.3 Å². The van der Waals surface area contributed by atoms with Gasteiger partial charge in [-0.1, -0.05) is 0 Å². The Morgan fingerprint density at radius 1 is 0.771 bits per heavy atom. The second-order valence-electron chi connectivity index (χ2n) is 19.8. The van der Waals surface area contributed by atoms with Crippen LogP contribution in [0.1, 0.15) is 67.2 Å². The van der Waals surface area contributed by atoms with Gasteiger partial charge < -0.3 is 0 Å². The fourth-order valence-corrected chi connectivity index (χ4v) is 112. The van der Waals surface area contributed by atoms with Crippen molar-refractivity contribution >= 4 is 17.2 Å². The van der Waals surface area contributed by atoms with E-state index in [4.69, 9.17) is 0 Å². The predicted octanol–water partition coefficient (Wildman–Crippen LogP) is 7.81. The molecule has 0 amide bonds. The van der Waals surface area contributed by atoms with Gasteiger partial charge >= 0.3 is 208 Å². The van der Waals surface area contributed by atoms with E-state index in [0.717, 1.165) is 20.5 Å². The second-order valence-corrected chi connectivity index (χ2v) is 48.0. The van der Waals surface area contributed by atoms with Gasteiger partial charge in [0.25, 0.3) is 0 Å². The Hall–Kier alpha value is 1.30. The van der Waals surface area contributed by atoms with Crippen molar-refractivity contribution in [3.8, 4) is 0 Å². The third-order valence-electron chi connectivity index (χ3n) is 21.8. The summed E-state index contributed by atoms with van der Waals surface area (Å²) in [6.45, 7) is 17.5. The molecule has 12 fully saturated rings. The molecule has 2 N–H and O–H groups in total. The van der Waals surface area contributed by atoms with Gasteiger partial charge in [-0.2, -0.15) is 0 Å². The van der Waals surface area contributed by atoms with Crippen LogP contribution in [0.3, 0.4) is 0 Å². The summed E-state index contributed by atoms with van der Waals surface area (Å²) in [7, 11) is 3.97. The summed E-state index contributed by atoms with van der Waals surface area (Å²) in [6.07, 6.45) is 7.68. The molecule has 5 heteroatoms. The molecule has 12 aliphatic rings. The number of piperidine rings is 2. The van der Waals surface area contributed by atoms with Crippen molar-refractivity contribution in [2.24, 2.45) is 11.8 Å². The van der Waals surface area contributed by atoms with Crippen LogP contribution in [0.15, 0.2) is 0 Å². The Morgan fingerprint density at radius 3 is 1.60 bits per heavy atom. The van der Waals surface area contributed by atoms with E-state index in [-0.39, 0.29) is 7.92 Å². The minimum absolute atomic E-state index is 0.0318. The maximum atomic E-state index is 3.97. The van der Waals surface area contributed by atoms with E-state index in [1.165, 1.54) is 90.4 Å². The molecule has 0 aromatic rings. The molecule has 35 heavy (non-hydrogen) atoms. The van der Waals surface area contributed by atoms with Crippen LogP contribution >= 0.6 is 17.2 Å². The Bertz CT molecular complexity index is 1440. The molecule has 8 unspecified atom stereocenters. The van der Waals surface area contributed by atoms with Crippen LogP contribution in [0.2, 0.25) is 47.2 Å². The van der Waals surface area contributed by atoms with Gasteiger partial charge in [0.05, 0.1) is 0 Å². The molecule has 0 aromatic heterocycles. The average molecular weight is 557 g/mol. The fraction of sp³-hybridized carbons (Fsp3) is 1.00. The van der Waals surface area contributed by atoms with Crippen LogP contribution in [-0.2, 0) is 6.51 Å². The molecule has 0 radical (unpaired) electrons. The Morgan fingerprint density at radius 2 is 1.26 bits per heavy atom. The van der Waals surface area contributed by atoms with Gasteiger partial charge in [0.1, 0.15) is 0 Å². The van der Waals surface area contributed by atoms with Crippen molar-refractivity contribution in [1.29, 1.82) is 0 Å². The SMILES string of the molecule is CC(C)(C)P(C[C]12[CH]3[CH]4[CH]5[C]1(C(P)(C1CCCNC1)C1CCCNC1)[Fe]43521678[CH]2[CH]1[CH]6[CH]7[CH]28)C(C)(C)C. The zero-order chi connectivity index (χ0) is 23.9. The third-order valence-corrected chi connectivity index (χ3v) is 71.3. The summed E-state index contributed by atoms with van der Waals surface area (Å²) in [6, 6.07) is 0. The normalized spacial score (nSPS) is 78.7. The van der Waals surface area contributed by atoms with E-state index >= 15 is 0 Å². The Balaban J connectivity index is 1.14. The van der Waals surface area contributed by atoms with Gasteiger partial charge in [-0.25, -0.2) is 0 Å². The van der Waals surface area contributed by atoms with Gasteiger partial charge in [-0.15, -0.1) is 0 Å². The number of nitrogens with one attached hydrogen (secondary N) is 2. The standard InChI is InChI=1S/C25H45N2P2.C5H5.Fe/c1-23(2,3)29(24(4,5)6)18-19-10-7-13-22(19)25(28,20-11-8-14-26-16-20)21-12-9-15-27-17-21;1-2-4-5-3-1;/h7,10,13,20-21,26-27H,8-9,11-12,14-18,28H2,1-6H3;1-5H;. The van der Waals surface area contributed by atoms with E-state index in [9.17, 15) is 0 Å². The summed E-state index contributed by atoms with van der Waals surface area (Å²) in [4.78, 5) is 11.3. The third kappa shape index (κ3) is 0.491. The van der Waals surface area contributed by atoms with E-state index in [2.05, 4.69) is 61.4 Å². The minimum atomic E-state index is -3.57. The van der Waals surface area contributed by atoms with Crippen LogP contribution in [0, 0.1) is 11.8 Å². The Labute approximate surface area is 207 Å². The van der Waals surface area contributed by atoms with Crippen LogP contribution in [0.5, 0.6) is 0 Å². The van der Waals surface area contributed by atoms with Crippen molar-refractivity contribution in [3.63, 3.8) is 0 Å². The molecule has 12 aliphatic heterocycles. The van der Waals surface area contributed by atoms with Crippen LogP contribution < -0.4 is 10.6 Å². The number of fused-ring (bicyclic) bond motifs is 10. The van der Waals surface area contributed by atoms with Crippen LogP contribution in [0.25, 0.3) is 0 Å². The first-order chi connectivity index (χ1) is 16.2. The molecule has 0 aromatic carbocycles. The van der Waals surface area contributed by atoms with Crippen molar-refractivity contribution in [1.82, 2.24) is 10.6 Å². The zero-order valence-electron chi connectivity index (χ0n) is 23.0. The molecule has 2 nitrogen and oxygen atoms in total. The molecule has 12 rings (SSSR count). The summed E-state index contributed by atoms with van der Waals surface area (Å²) in [5.74, 6) is 1.89. The second kappa shape index (κ2) is 2.87. The molecule has 8 atom stereocenters. The summed E-state index contributed by atoms with van der Waals surface area (Å²) >= 11 is 0. The van der Waals surface area contributed by atoms with E-state index in [0.29, 0.717) is 15.5 Å². The van der Waals surface area contributed by atoms with Gasteiger partial charge in [0, 0.05) is 0 Å². The zero-order valence-corrected chi connectivity index (χ0v) is 26.2. The van der Waals surface area contributed by atoms with Gasteiger partial charge in [0.15, 0.2) is 0 Å². The molecule has 1 spiro atoms. The number of rotatable bonds is 5. The average Bonchev–Trinajstić information content (AvgIpc) is 3.76. The summed E-state index contributed by atoms with van der Waals surface area (Å²) in [5.41, 5.74) is 0. The van der Waals surface area contributed by atoms with Gasteiger partial charge in [-0.3, -0.25) is 0 Å². The molecule has 0 saturated carbocycles. The van der Waals surface area contributed by atoms with Gasteiger partial charge in [0.2, 0.25) is 0 Å². The molecule has 198 valence electrons. The van der Waals surface area contributed by atoms with E-state index in [1.54, 1.807) is 6.16 Å². The maximum absolute atomic E-state index is 3.97. The van der Waals surface area contributed by atoms with E-state index < -0.39 is 6.51 Å². The molecule has 0 bridgehead atoms. The van der Waals surface area contributed by atoms with Crippen molar-refractivity contribution in [2.45, 2.75) is 130 Å². The number of hydrogen-bond acceptors (Lipinski definition) is 2. The monoisotopic (exact) mass is 556 g/mol. The van der Waals surface area contributed by atoms with E-state index in [1.807, 2.05) is 0 Å². The van der Waals surface area contributed by atoms with Gasteiger partial charge in [-0.05, 0) is 0 Å². The fourth-order valence-electron chi connectivity index (χ4n) is 23.9.